The Balaban J connectivity index is 1.45. The van der Waals surface area contributed by atoms with Gasteiger partial charge in [0, 0.05) is 11.8 Å². The van der Waals surface area contributed by atoms with Crippen LogP contribution in [0, 0.1) is 11.8 Å². The van der Waals surface area contributed by atoms with E-state index in [1.54, 1.807) is 36.4 Å². The molecule has 0 radical (unpaired) electrons. The highest BCUT2D eigenvalue weighted by molar-refractivity contribution is 5.55. The minimum atomic E-state index is -1.22. The maximum Gasteiger partial charge on any atom is 0.200 e. The third-order valence-corrected chi connectivity index (χ3v) is 10.7. The molecular formula is C42H50O16. The van der Waals surface area contributed by atoms with Crippen molar-refractivity contribution in [3.8, 4) is 57.5 Å². The lowest BCUT2D eigenvalue weighted by Gasteiger charge is -2.35. The Hall–Kier alpha value is -5.36. The Morgan fingerprint density at radius 2 is 0.776 bits per heavy atom. The predicted molar refractivity (Wildman–Crippen MR) is 206 cm³/mol. The number of aliphatic hydroxyl groups excluding tert-OH is 2. The van der Waals surface area contributed by atoms with Crippen LogP contribution >= 0.6 is 0 Å². The number of aliphatic hydroxyl groups is 2. The summed E-state index contributed by atoms with van der Waals surface area (Å²) < 4.78 is 59.0. The van der Waals surface area contributed by atoms with Crippen molar-refractivity contribution >= 4 is 0 Å². The summed E-state index contributed by atoms with van der Waals surface area (Å²) in [4.78, 5) is 0. The summed E-state index contributed by atoms with van der Waals surface area (Å²) in [6.45, 7) is -0.284. The topological polar surface area (TPSA) is 214 Å². The summed E-state index contributed by atoms with van der Waals surface area (Å²) in [6, 6.07) is 15.5. The molecule has 0 aromatic heterocycles. The molecule has 2 heterocycles. The minimum Gasteiger partial charge on any atom is -0.504 e. The molecule has 2 aliphatic heterocycles. The van der Waals surface area contributed by atoms with E-state index in [9.17, 15) is 30.6 Å². The molecule has 0 bridgehead atoms. The fourth-order valence-electron chi connectivity index (χ4n) is 7.47. The van der Waals surface area contributed by atoms with Crippen molar-refractivity contribution in [2.24, 2.45) is 11.8 Å². The Morgan fingerprint density at radius 1 is 0.448 bits per heavy atom. The number of benzene rings is 4. The number of phenols is 4. The molecule has 58 heavy (non-hydrogen) atoms. The van der Waals surface area contributed by atoms with Gasteiger partial charge in [0.15, 0.2) is 46.0 Å². The quantitative estimate of drug-likeness (QED) is 0.106. The first kappa shape index (κ1) is 42.3. The fraction of sp³-hybridized carbons (Fsp3) is 0.429. The van der Waals surface area contributed by atoms with Gasteiger partial charge in [-0.15, -0.1) is 0 Å². The predicted octanol–water partition coefficient (Wildman–Crippen LogP) is 4.87. The second-order valence-corrected chi connectivity index (χ2v) is 13.9. The van der Waals surface area contributed by atoms with Crippen LogP contribution in [0.5, 0.6) is 57.5 Å². The van der Waals surface area contributed by atoms with E-state index in [4.69, 9.17) is 47.4 Å². The number of ether oxygens (including phenoxy) is 10. The molecule has 2 fully saturated rings. The zero-order valence-electron chi connectivity index (χ0n) is 33.0. The Labute approximate surface area is 335 Å². The average Bonchev–Trinajstić information content (AvgIpc) is 3.61. The highest BCUT2D eigenvalue weighted by Gasteiger charge is 2.45. The van der Waals surface area contributed by atoms with E-state index in [0.717, 1.165) is 0 Å². The molecule has 314 valence electrons. The number of methoxy groups -OCH3 is 6. The van der Waals surface area contributed by atoms with Gasteiger partial charge in [0.2, 0.25) is 11.5 Å². The van der Waals surface area contributed by atoms with E-state index in [1.165, 1.54) is 66.9 Å². The largest absolute Gasteiger partial charge is 0.504 e. The lowest BCUT2D eigenvalue weighted by molar-refractivity contribution is -0.0655. The molecule has 16 heteroatoms. The number of phenolic OH excluding ortho intramolecular Hbond substituents is 4. The first-order chi connectivity index (χ1) is 28.0. The van der Waals surface area contributed by atoms with Crippen molar-refractivity contribution in [2.75, 3.05) is 69.1 Å². The van der Waals surface area contributed by atoms with Crippen LogP contribution in [-0.4, -0.2) is 112 Å². The normalized spacial score (nSPS) is 23.4. The number of hydrogen-bond acceptors (Lipinski definition) is 16. The maximum atomic E-state index is 11.6. The first-order valence-electron chi connectivity index (χ1n) is 18.4. The van der Waals surface area contributed by atoms with Crippen LogP contribution in [0.3, 0.4) is 0 Å². The summed E-state index contributed by atoms with van der Waals surface area (Å²) in [6.07, 6.45) is -5.94. The summed E-state index contributed by atoms with van der Waals surface area (Å²) in [5, 5.41) is 65.4. The molecule has 0 amide bonds. The maximum absolute atomic E-state index is 11.6. The van der Waals surface area contributed by atoms with Crippen LogP contribution in [0.15, 0.2) is 60.7 Å². The number of rotatable bonds is 13. The monoisotopic (exact) mass is 810 g/mol. The number of hydrogen-bond donors (Lipinski definition) is 6. The van der Waals surface area contributed by atoms with Crippen molar-refractivity contribution < 1.29 is 78.0 Å². The molecule has 2 unspecified atom stereocenters. The van der Waals surface area contributed by atoms with Crippen LogP contribution in [0.2, 0.25) is 0 Å². The van der Waals surface area contributed by atoms with Crippen molar-refractivity contribution in [1.82, 2.24) is 0 Å². The molecule has 6 N–H and O–H groups in total. The summed E-state index contributed by atoms with van der Waals surface area (Å²) >= 11 is 0. The van der Waals surface area contributed by atoms with E-state index in [1.807, 2.05) is 0 Å². The molecule has 2 aliphatic rings. The smallest absolute Gasteiger partial charge is 0.200 e. The van der Waals surface area contributed by atoms with Crippen molar-refractivity contribution in [3.63, 3.8) is 0 Å². The molecule has 0 aliphatic carbocycles. The SMILES string of the molecule is COc1cc(C(O)[C@@H]2CO[C@H](c3cc(OC)c(O)c(OC)c3)[C@H]([C@H]3CO[C@@H](C(O)c4ccc(O)c(OC)c4)CO[C@H]3c3cc(OC)c(O)c(OC)c3)CO2)ccc1O. The first-order valence-corrected chi connectivity index (χ1v) is 18.4. The number of aromatic hydroxyl groups is 4. The van der Waals surface area contributed by atoms with Gasteiger partial charge in [-0.1, -0.05) is 12.1 Å². The fourth-order valence-corrected chi connectivity index (χ4v) is 7.47. The highest BCUT2D eigenvalue weighted by atomic mass is 16.6. The highest BCUT2D eigenvalue weighted by Crippen LogP contribution is 2.49. The van der Waals surface area contributed by atoms with Crippen LogP contribution in [0.4, 0.5) is 0 Å². The van der Waals surface area contributed by atoms with Gasteiger partial charge in [0.05, 0.1) is 81.3 Å². The second kappa shape index (κ2) is 18.5. The van der Waals surface area contributed by atoms with Gasteiger partial charge in [-0.3, -0.25) is 0 Å². The lowest BCUT2D eigenvalue weighted by atomic mass is 9.79. The van der Waals surface area contributed by atoms with Gasteiger partial charge >= 0.3 is 0 Å². The summed E-state index contributed by atoms with van der Waals surface area (Å²) in [7, 11) is 8.46. The Kier molecular flexibility index (Phi) is 13.5. The van der Waals surface area contributed by atoms with E-state index in [0.29, 0.717) is 22.3 Å². The van der Waals surface area contributed by atoms with Crippen LogP contribution in [-0.2, 0) is 18.9 Å². The molecule has 0 spiro atoms. The Bertz CT molecular complexity index is 1830. The van der Waals surface area contributed by atoms with Crippen molar-refractivity contribution in [2.45, 2.75) is 36.6 Å². The second-order valence-electron chi connectivity index (χ2n) is 13.9. The lowest BCUT2D eigenvalue weighted by Crippen LogP contribution is -2.34. The standard InChI is InChI=1S/C42H50O16/c1-49-29-11-21(7-9-27(29)43)37(45)35-19-57-41(23-13-31(51-3)39(47)32(14-23)52-4)25(17-55-35)26-18-56-36(38(46)22-8-10-28(44)30(12-22)50-2)20-58-42(26)24-15-33(53-5)40(48)34(16-24)54-6/h7-16,25-26,35-38,41-48H,17-20H2,1-6H3/t25-,26+,35-,36+,37?,38?,41+,42-. The van der Waals surface area contributed by atoms with Gasteiger partial charge in [0.1, 0.15) is 24.4 Å². The molecule has 0 saturated carbocycles. The van der Waals surface area contributed by atoms with Gasteiger partial charge < -0.3 is 78.0 Å². The van der Waals surface area contributed by atoms with Gasteiger partial charge in [-0.25, -0.2) is 0 Å². The van der Waals surface area contributed by atoms with Crippen molar-refractivity contribution in [1.29, 1.82) is 0 Å². The molecule has 6 rings (SSSR count). The van der Waals surface area contributed by atoms with Gasteiger partial charge in [-0.05, 0) is 70.8 Å². The molecule has 2 saturated heterocycles. The molecule has 4 aromatic rings. The summed E-state index contributed by atoms with van der Waals surface area (Å²) in [5.41, 5.74) is 1.91. The van der Waals surface area contributed by atoms with E-state index >= 15 is 0 Å². The molecule has 4 aromatic carbocycles. The van der Waals surface area contributed by atoms with Crippen LogP contribution in [0.1, 0.15) is 46.7 Å². The third kappa shape index (κ3) is 8.57. The van der Waals surface area contributed by atoms with Gasteiger partial charge in [0.25, 0.3) is 0 Å². The van der Waals surface area contributed by atoms with Crippen molar-refractivity contribution in [3.05, 3.63) is 82.9 Å². The van der Waals surface area contributed by atoms with Crippen LogP contribution < -0.4 is 28.4 Å². The van der Waals surface area contributed by atoms with E-state index in [-0.39, 0.29) is 83.9 Å². The summed E-state index contributed by atoms with van der Waals surface area (Å²) in [5.74, 6) is -1.07. The zero-order valence-corrected chi connectivity index (χ0v) is 33.0. The van der Waals surface area contributed by atoms with E-state index < -0.39 is 48.5 Å². The zero-order chi connectivity index (χ0) is 41.7. The third-order valence-electron chi connectivity index (χ3n) is 10.7. The molecular weight excluding hydrogens is 760 g/mol. The van der Waals surface area contributed by atoms with Crippen LogP contribution in [0.25, 0.3) is 0 Å². The minimum absolute atomic E-state index is 0.0320. The molecule has 8 atom stereocenters. The average molecular weight is 811 g/mol. The van der Waals surface area contributed by atoms with E-state index in [2.05, 4.69) is 0 Å². The molecule has 16 nitrogen and oxygen atoms in total. The Morgan fingerprint density at radius 3 is 1.09 bits per heavy atom. The van der Waals surface area contributed by atoms with Gasteiger partial charge in [-0.2, -0.15) is 0 Å².